The van der Waals surface area contributed by atoms with Crippen molar-refractivity contribution >= 4 is 5.97 Å². The molecule has 0 atom stereocenters. The summed E-state index contributed by atoms with van der Waals surface area (Å²) in [6.45, 7) is 3.84. The van der Waals surface area contributed by atoms with Gasteiger partial charge in [0, 0.05) is 19.1 Å². The van der Waals surface area contributed by atoms with Crippen LogP contribution < -0.4 is 0 Å². The Balaban J connectivity index is 1.75. The van der Waals surface area contributed by atoms with E-state index in [1.54, 1.807) is 0 Å². The number of carbonyl (C=O) groups excluding carboxylic acids is 1. The standard InChI is InChI=1S/C25H30O3/c1-2-25(27)28-17-15-24-18-23(13-12-22(24)14-16-26)21-10-8-20(9-11-21)19-6-4-3-5-7-19/h2,8-13,18-19,26H,1,3-7,14-17H2. The lowest BCUT2D eigenvalue weighted by Crippen LogP contribution is -2.07. The molecule has 3 nitrogen and oxygen atoms in total. The van der Waals surface area contributed by atoms with Crippen LogP contribution in [0.15, 0.2) is 55.1 Å². The molecule has 0 unspecified atom stereocenters. The highest BCUT2D eigenvalue weighted by atomic mass is 16.5. The summed E-state index contributed by atoms with van der Waals surface area (Å²) < 4.78 is 5.14. The van der Waals surface area contributed by atoms with E-state index in [0.29, 0.717) is 25.4 Å². The van der Waals surface area contributed by atoms with Gasteiger partial charge in [0.05, 0.1) is 6.61 Å². The van der Waals surface area contributed by atoms with E-state index < -0.39 is 5.97 Å². The first-order valence-electron chi connectivity index (χ1n) is 10.3. The third-order valence-electron chi connectivity index (χ3n) is 5.69. The van der Waals surface area contributed by atoms with Crippen LogP contribution in [0.4, 0.5) is 0 Å². The number of carbonyl (C=O) groups is 1. The predicted molar refractivity (Wildman–Crippen MR) is 113 cm³/mol. The molecule has 3 rings (SSSR count). The maximum atomic E-state index is 11.3. The lowest BCUT2D eigenvalue weighted by Gasteiger charge is -2.22. The SMILES string of the molecule is C=CC(=O)OCCc1cc(-c2ccc(C3CCCCC3)cc2)ccc1CCO. The largest absolute Gasteiger partial charge is 0.462 e. The highest BCUT2D eigenvalue weighted by Crippen LogP contribution is 2.33. The minimum Gasteiger partial charge on any atom is -0.462 e. The van der Waals surface area contributed by atoms with Crippen LogP contribution in [0.25, 0.3) is 11.1 Å². The molecule has 0 heterocycles. The Morgan fingerprint density at radius 1 is 1.00 bits per heavy atom. The van der Waals surface area contributed by atoms with Crippen molar-refractivity contribution in [2.75, 3.05) is 13.2 Å². The number of ether oxygens (including phenoxy) is 1. The van der Waals surface area contributed by atoms with Crippen molar-refractivity contribution in [2.24, 2.45) is 0 Å². The maximum Gasteiger partial charge on any atom is 0.330 e. The summed E-state index contributed by atoms with van der Waals surface area (Å²) in [5.41, 5.74) is 6.01. The molecule has 0 bridgehead atoms. The molecule has 28 heavy (non-hydrogen) atoms. The van der Waals surface area contributed by atoms with Gasteiger partial charge in [0.25, 0.3) is 0 Å². The zero-order valence-electron chi connectivity index (χ0n) is 16.5. The van der Waals surface area contributed by atoms with Crippen LogP contribution in [0.5, 0.6) is 0 Å². The Morgan fingerprint density at radius 2 is 1.71 bits per heavy atom. The van der Waals surface area contributed by atoms with Crippen molar-refractivity contribution in [2.45, 2.75) is 50.9 Å². The van der Waals surface area contributed by atoms with E-state index in [1.807, 2.05) is 0 Å². The molecule has 1 aliphatic carbocycles. The molecule has 0 spiro atoms. The van der Waals surface area contributed by atoms with E-state index in [0.717, 1.165) is 16.7 Å². The minimum absolute atomic E-state index is 0.106. The molecular formula is C25H30O3. The Hall–Kier alpha value is -2.39. The summed E-state index contributed by atoms with van der Waals surface area (Å²) >= 11 is 0. The van der Waals surface area contributed by atoms with Gasteiger partial charge < -0.3 is 9.84 Å². The molecule has 1 saturated carbocycles. The number of rotatable bonds is 8. The fourth-order valence-electron chi connectivity index (χ4n) is 4.11. The summed E-state index contributed by atoms with van der Waals surface area (Å²) in [4.78, 5) is 11.3. The number of hydrogen-bond acceptors (Lipinski definition) is 3. The van der Waals surface area contributed by atoms with Crippen LogP contribution >= 0.6 is 0 Å². The van der Waals surface area contributed by atoms with Crippen molar-refractivity contribution < 1.29 is 14.6 Å². The maximum absolute atomic E-state index is 11.3. The zero-order valence-corrected chi connectivity index (χ0v) is 16.5. The van der Waals surface area contributed by atoms with Crippen molar-refractivity contribution in [1.82, 2.24) is 0 Å². The number of benzene rings is 2. The van der Waals surface area contributed by atoms with Gasteiger partial charge in [0.1, 0.15) is 0 Å². The summed E-state index contributed by atoms with van der Waals surface area (Å²) in [7, 11) is 0. The second-order valence-electron chi connectivity index (χ2n) is 7.54. The molecule has 0 radical (unpaired) electrons. The quantitative estimate of drug-likeness (QED) is 0.507. The second-order valence-corrected chi connectivity index (χ2v) is 7.54. The van der Waals surface area contributed by atoms with E-state index in [4.69, 9.17) is 4.74 Å². The molecule has 2 aromatic rings. The van der Waals surface area contributed by atoms with E-state index in [9.17, 15) is 9.90 Å². The smallest absolute Gasteiger partial charge is 0.330 e. The van der Waals surface area contributed by atoms with Gasteiger partial charge in [-0.15, -0.1) is 0 Å². The topological polar surface area (TPSA) is 46.5 Å². The van der Waals surface area contributed by atoms with E-state index in [2.05, 4.69) is 49.0 Å². The molecule has 0 amide bonds. The molecule has 2 aromatic carbocycles. The average Bonchev–Trinajstić information content (AvgIpc) is 2.75. The molecular weight excluding hydrogens is 348 g/mol. The Bertz CT molecular complexity index is 786. The summed E-state index contributed by atoms with van der Waals surface area (Å²) in [5, 5.41) is 9.34. The Morgan fingerprint density at radius 3 is 2.39 bits per heavy atom. The first-order valence-corrected chi connectivity index (χ1v) is 10.3. The highest BCUT2D eigenvalue weighted by Gasteiger charge is 2.15. The molecule has 3 heteroatoms. The van der Waals surface area contributed by atoms with Crippen LogP contribution in [-0.2, 0) is 22.4 Å². The average molecular weight is 379 g/mol. The molecule has 1 N–H and O–H groups in total. The van der Waals surface area contributed by atoms with Crippen LogP contribution in [-0.4, -0.2) is 24.3 Å². The van der Waals surface area contributed by atoms with Gasteiger partial charge in [-0.25, -0.2) is 4.79 Å². The van der Waals surface area contributed by atoms with Crippen molar-refractivity contribution in [3.8, 4) is 11.1 Å². The van der Waals surface area contributed by atoms with Crippen LogP contribution in [0.3, 0.4) is 0 Å². The molecule has 148 valence electrons. The Labute approximate surface area is 168 Å². The minimum atomic E-state index is -0.404. The van der Waals surface area contributed by atoms with E-state index in [1.165, 1.54) is 49.3 Å². The normalized spacial score (nSPS) is 14.6. The van der Waals surface area contributed by atoms with Gasteiger partial charge in [-0.2, -0.15) is 0 Å². The number of aliphatic hydroxyl groups excluding tert-OH is 1. The fraction of sp³-hybridized carbons (Fsp3) is 0.400. The summed E-state index contributed by atoms with van der Waals surface area (Å²) in [6.07, 6.45) is 9.09. The van der Waals surface area contributed by atoms with Gasteiger partial charge in [-0.05, 0) is 53.0 Å². The monoisotopic (exact) mass is 378 g/mol. The van der Waals surface area contributed by atoms with Crippen LogP contribution in [0.1, 0.15) is 54.7 Å². The number of hydrogen-bond donors (Lipinski definition) is 1. The summed E-state index contributed by atoms with van der Waals surface area (Å²) in [6, 6.07) is 15.3. The fourth-order valence-corrected chi connectivity index (χ4v) is 4.11. The van der Waals surface area contributed by atoms with Gasteiger partial charge in [0.15, 0.2) is 0 Å². The van der Waals surface area contributed by atoms with Crippen molar-refractivity contribution in [1.29, 1.82) is 0 Å². The zero-order chi connectivity index (χ0) is 19.8. The summed E-state index contributed by atoms with van der Waals surface area (Å²) in [5.74, 6) is 0.308. The van der Waals surface area contributed by atoms with Gasteiger partial charge in [-0.1, -0.05) is 68.3 Å². The predicted octanol–water partition coefficient (Wildman–Crippen LogP) is 5.21. The number of esters is 1. The lowest BCUT2D eigenvalue weighted by molar-refractivity contribution is -0.137. The van der Waals surface area contributed by atoms with E-state index >= 15 is 0 Å². The third kappa shape index (κ3) is 5.32. The van der Waals surface area contributed by atoms with Crippen molar-refractivity contribution in [3.63, 3.8) is 0 Å². The van der Waals surface area contributed by atoms with Gasteiger partial charge in [0.2, 0.25) is 0 Å². The molecule has 0 aliphatic heterocycles. The highest BCUT2D eigenvalue weighted by molar-refractivity contribution is 5.81. The first-order chi connectivity index (χ1) is 13.7. The van der Waals surface area contributed by atoms with Crippen LogP contribution in [0.2, 0.25) is 0 Å². The van der Waals surface area contributed by atoms with Crippen molar-refractivity contribution in [3.05, 3.63) is 71.8 Å². The second kappa shape index (κ2) is 10.2. The number of aliphatic hydroxyl groups is 1. The molecule has 1 aliphatic rings. The Kier molecular flexibility index (Phi) is 7.44. The molecule has 1 fully saturated rings. The third-order valence-corrected chi connectivity index (χ3v) is 5.69. The van der Waals surface area contributed by atoms with Crippen LogP contribution in [0, 0.1) is 0 Å². The molecule has 0 saturated heterocycles. The lowest BCUT2D eigenvalue weighted by atomic mass is 9.83. The molecule has 0 aromatic heterocycles. The first kappa shape index (κ1) is 20.3. The van der Waals surface area contributed by atoms with Gasteiger partial charge in [-0.3, -0.25) is 0 Å². The van der Waals surface area contributed by atoms with E-state index in [-0.39, 0.29) is 6.61 Å². The van der Waals surface area contributed by atoms with Gasteiger partial charge >= 0.3 is 5.97 Å².